The SMILES string of the molecule is CC(=O)NC1CCN(C(=O)C2CCCCC2C(=O)O)C1. The van der Waals surface area contributed by atoms with E-state index in [0.29, 0.717) is 25.9 Å². The van der Waals surface area contributed by atoms with Gasteiger partial charge < -0.3 is 15.3 Å². The van der Waals surface area contributed by atoms with Crippen LogP contribution in [0.3, 0.4) is 0 Å². The van der Waals surface area contributed by atoms with E-state index in [-0.39, 0.29) is 17.9 Å². The molecule has 2 rings (SSSR count). The average Bonchev–Trinajstić information content (AvgIpc) is 2.85. The second kappa shape index (κ2) is 6.24. The Bertz CT molecular complexity index is 410. The van der Waals surface area contributed by atoms with Gasteiger partial charge in [-0.15, -0.1) is 0 Å². The van der Waals surface area contributed by atoms with Crippen molar-refractivity contribution in [3.05, 3.63) is 0 Å². The second-order valence-electron chi connectivity index (χ2n) is 5.81. The zero-order valence-corrected chi connectivity index (χ0v) is 11.8. The number of likely N-dealkylation sites (tertiary alicyclic amines) is 1. The largest absolute Gasteiger partial charge is 0.481 e. The quantitative estimate of drug-likeness (QED) is 0.794. The van der Waals surface area contributed by atoms with E-state index in [1.807, 2.05) is 0 Å². The molecule has 1 saturated heterocycles. The van der Waals surface area contributed by atoms with E-state index >= 15 is 0 Å². The molecule has 2 N–H and O–H groups in total. The number of carboxylic acids is 1. The van der Waals surface area contributed by atoms with Gasteiger partial charge in [-0.25, -0.2) is 0 Å². The lowest BCUT2D eigenvalue weighted by atomic mass is 9.78. The van der Waals surface area contributed by atoms with E-state index in [0.717, 1.165) is 19.3 Å². The minimum atomic E-state index is -0.861. The molecular weight excluding hydrogens is 260 g/mol. The molecule has 2 amide bonds. The molecular formula is C14H22N2O4. The van der Waals surface area contributed by atoms with Crippen molar-refractivity contribution in [1.82, 2.24) is 10.2 Å². The van der Waals surface area contributed by atoms with Crippen LogP contribution in [0.4, 0.5) is 0 Å². The van der Waals surface area contributed by atoms with Crippen LogP contribution >= 0.6 is 0 Å². The average molecular weight is 282 g/mol. The van der Waals surface area contributed by atoms with Gasteiger partial charge in [-0.2, -0.15) is 0 Å². The first-order valence-corrected chi connectivity index (χ1v) is 7.27. The van der Waals surface area contributed by atoms with E-state index < -0.39 is 17.8 Å². The number of nitrogens with zero attached hydrogens (tertiary/aromatic N) is 1. The van der Waals surface area contributed by atoms with Crippen LogP contribution in [0.2, 0.25) is 0 Å². The van der Waals surface area contributed by atoms with Crippen molar-refractivity contribution >= 4 is 17.8 Å². The highest BCUT2D eigenvalue weighted by atomic mass is 16.4. The molecule has 0 radical (unpaired) electrons. The zero-order valence-electron chi connectivity index (χ0n) is 11.8. The molecule has 0 aromatic heterocycles. The van der Waals surface area contributed by atoms with E-state index in [9.17, 15) is 19.5 Å². The van der Waals surface area contributed by atoms with Crippen molar-refractivity contribution in [2.45, 2.75) is 45.1 Å². The molecule has 2 aliphatic rings. The first-order chi connectivity index (χ1) is 9.49. The molecule has 0 aromatic carbocycles. The molecule has 2 fully saturated rings. The van der Waals surface area contributed by atoms with Crippen LogP contribution in [-0.4, -0.2) is 46.9 Å². The summed E-state index contributed by atoms with van der Waals surface area (Å²) in [6.45, 7) is 2.57. The summed E-state index contributed by atoms with van der Waals surface area (Å²) in [7, 11) is 0. The monoisotopic (exact) mass is 282 g/mol. The number of carbonyl (C=O) groups is 3. The fourth-order valence-electron chi connectivity index (χ4n) is 3.32. The molecule has 1 heterocycles. The molecule has 0 spiro atoms. The molecule has 20 heavy (non-hydrogen) atoms. The Morgan fingerprint density at radius 2 is 1.75 bits per heavy atom. The number of aliphatic carboxylic acids is 1. The van der Waals surface area contributed by atoms with Crippen LogP contribution < -0.4 is 5.32 Å². The third-order valence-electron chi connectivity index (χ3n) is 4.31. The van der Waals surface area contributed by atoms with Crippen LogP contribution in [0.5, 0.6) is 0 Å². The van der Waals surface area contributed by atoms with Crippen LogP contribution in [0.1, 0.15) is 39.0 Å². The second-order valence-corrected chi connectivity index (χ2v) is 5.81. The molecule has 1 saturated carbocycles. The Hall–Kier alpha value is -1.59. The number of carbonyl (C=O) groups excluding carboxylic acids is 2. The number of carboxylic acid groups (broad SMARTS) is 1. The maximum absolute atomic E-state index is 12.5. The summed E-state index contributed by atoms with van der Waals surface area (Å²) in [5.74, 6) is -1.94. The summed E-state index contributed by atoms with van der Waals surface area (Å²) in [5, 5.41) is 12.1. The van der Waals surface area contributed by atoms with Gasteiger partial charge >= 0.3 is 5.97 Å². The number of nitrogens with one attached hydrogen (secondary N) is 1. The molecule has 3 atom stereocenters. The van der Waals surface area contributed by atoms with Crippen LogP contribution in [0, 0.1) is 11.8 Å². The molecule has 0 bridgehead atoms. The van der Waals surface area contributed by atoms with Gasteiger partial charge in [-0.05, 0) is 19.3 Å². The van der Waals surface area contributed by atoms with Crippen LogP contribution in [0.25, 0.3) is 0 Å². The van der Waals surface area contributed by atoms with Gasteiger partial charge in [0.15, 0.2) is 0 Å². The van der Waals surface area contributed by atoms with Gasteiger partial charge in [0.25, 0.3) is 0 Å². The number of hydrogen-bond donors (Lipinski definition) is 2. The van der Waals surface area contributed by atoms with E-state index in [1.54, 1.807) is 4.90 Å². The Kier molecular flexibility index (Phi) is 4.62. The molecule has 1 aliphatic carbocycles. The smallest absolute Gasteiger partial charge is 0.307 e. The van der Waals surface area contributed by atoms with Crippen molar-refractivity contribution < 1.29 is 19.5 Å². The standard InChI is InChI=1S/C14H22N2O4/c1-9(17)15-10-6-7-16(8-10)13(18)11-4-2-3-5-12(11)14(19)20/h10-12H,2-8H2,1H3,(H,15,17)(H,19,20). The highest BCUT2D eigenvalue weighted by Gasteiger charge is 2.39. The third-order valence-corrected chi connectivity index (χ3v) is 4.31. The highest BCUT2D eigenvalue weighted by molar-refractivity contribution is 5.85. The van der Waals surface area contributed by atoms with E-state index in [4.69, 9.17) is 0 Å². The zero-order chi connectivity index (χ0) is 14.7. The lowest BCUT2D eigenvalue weighted by Gasteiger charge is -2.31. The van der Waals surface area contributed by atoms with Crippen LogP contribution in [0.15, 0.2) is 0 Å². The summed E-state index contributed by atoms with van der Waals surface area (Å²) in [6, 6.07) is 0.00307. The lowest BCUT2D eigenvalue weighted by molar-refractivity contribution is -0.151. The van der Waals surface area contributed by atoms with Crippen LogP contribution in [-0.2, 0) is 14.4 Å². The topological polar surface area (TPSA) is 86.7 Å². The maximum Gasteiger partial charge on any atom is 0.307 e. The number of hydrogen-bond acceptors (Lipinski definition) is 3. The van der Waals surface area contributed by atoms with Crippen molar-refractivity contribution in [2.24, 2.45) is 11.8 Å². The van der Waals surface area contributed by atoms with Crippen molar-refractivity contribution in [2.75, 3.05) is 13.1 Å². The maximum atomic E-state index is 12.5. The molecule has 6 heteroatoms. The van der Waals surface area contributed by atoms with Crippen molar-refractivity contribution in [3.63, 3.8) is 0 Å². The predicted molar refractivity (Wildman–Crippen MR) is 71.9 cm³/mol. The van der Waals surface area contributed by atoms with Crippen molar-refractivity contribution in [3.8, 4) is 0 Å². The van der Waals surface area contributed by atoms with Gasteiger partial charge in [0.1, 0.15) is 0 Å². The van der Waals surface area contributed by atoms with Gasteiger partial charge in [0, 0.05) is 26.1 Å². The molecule has 112 valence electrons. The summed E-state index contributed by atoms with van der Waals surface area (Å²) < 4.78 is 0. The normalized spacial score (nSPS) is 30.1. The van der Waals surface area contributed by atoms with E-state index in [2.05, 4.69) is 5.32 Å². The minimum absolute atomic E-state index is 0.00307. The lowest BCUT2D eigenvalue weighted by Crippen LogP contribution is -2.43. The Labute approximate surface area is 118 Å². The number of rotatable bonds is 3. The summed E-state index contributed by atoms with van der Waals surface area (Å²) >= 11 is 0. The molecule has 6 nitrogen and oxygen atoms in total. The first kappa shape index (κ1) is 14.8. The van der Waals surface area contributed by atoms with Gasteiger partial charge in [0.05, 0.1) is 11.8 Å². The third kappa shape index (κ3) is 3.29. The van der Waals surface area contributed by atoms with Crippen molar-refractivity contribution in [1.29, 1.82) is 0 Å². The highest BCUT2D eigenvalue weighted by Crippen LogP contribution is 2.32. The fourth-order valence-corrected chi connectivity index (χ4v) is 3.32. The summed E-state index contributed by atoms with van der Waals surface area (Å²) in [5.41, 5.74) is 0. The fraction of sp³-hybridized carbons (Fsp3) is 0.786. The molecule has 0 aromatic rings. The number of amides is 2. The molecule has 3 unspecified atom stereocenters. The Balaban J connectivity index is 1.96. The summed E-state index contributed by atoms with van der Waals surface area (Å²) in [4.78, 5) is 36.5. The molecule has 1 aliphatic heterocycles. The van der Waals surface area contributed by atoms with Gasteiger partial charge in [-0.3, -0.25) is 14.4 Å². The summed E-state index contributed by atoms with van der Waals surface area (Å²) in [6.07, 6.45) is 3.81. The van der Waals surface area contributed by atoms with Gasteiger partial charge in [-0.1, -0.05) is 12.8 Å². The minimum Gasteiger partial charge on any atom is -0.481 e. The Morgan fingerprint density at radius 3 is 2.35 bits per heavy atom. The first-order valence-electron chi connectivity index (χ1n) is 7.27. The predicted octanol–water partition coefficient (Wildman–Crippen LogP) is 0.614. The Morgan fingerprint density at radius 1 is 1.10 bits per heavy atom. The van der Waals surface area contributed by atoms with Gasteiger partial charge in [0.2, 0.25) is 11.8 Å². The van der Waals surface area contributed by atoms with E-state index in [1.165, 1.54) is 6.92 Å².